The van der Waals surface area contributed by atoms with E-state index in [1.54, 1.807) is 0 Å². The highest BCUT2D eigenvalue weighted by atomic mass is 16.5. The van der Waals surface area contributed by atoms with Gasteiger partial charge >= 0.3 is 0 Å². The molecule has 26 heavy (non-hydrogen) atoms. The molecule has 1 amide bonds. The number of rotatable bonds is 7. The predicted octanol–water partition coefficient (Wildman–Crippen LogP) is 1.23. The molecule has 0 saturated carbocycles. The third-order valence-electron chi connectivity index (χ3n) is 5.03. The molecule has 0 spiro atoms. The molecular weight excluding hydrogens is 330 g/mol. The second-order valence-electron chi connectivity index (χ2n) is 7.39. The van der Waals surface area contributed by atoms with Gasteiger partial charge in [-0.3, -0.25) is 9.69 Å². The summed E-state index contributed by atoms with van der Waals surface area (Å²) < 4.78 is 5.82. The number of ether oxygens (including phenoxy) is 1. The lowest BCUT2D eigenvalue weighted by molar-refractivity contribution is -0.124. The Kier molecular flexibility index (Phi) is 7.29. The maximum absolute atomic E-state index is 11.5. The predicted molar refractivity (Wildman–Crippen MR) is 101 cm³/mol. The number of likely N-dealkylation sites (tertiary alicyclic amines) is 1. The quantitative estimate of drug-likeness (QED) is 0.765. The molecule has 2 heterocycles. The second kappa shape index (κ2) is 9.90. The minimum absolute atomic E-state index is 0.0836. The maximum atomic E-state index is 11.5. The van der Waals surface area contributed by atoms with Gasteiger partial charge in [-0.25, -0.2) is 0 Å². The summed E-state index contributed by atoms with van der Waals surface area (Å²) in [5.41, 5.74) is 1.12. The standard InChI is InChI=1S/C20H31N3O3/c24-18(14-22-9-3-1-2-4-10-22)16-26-19-7-5-6-17(12-19)13-23-11-8-21-20(25)15-23/h5-7,12,18,24H,1-4,8-11,13-16H2,(H,21,25). The van der Waals surface area contributed by atoms with Crippen LogP contribution in [0.25, 0.3) is 0 Å². The van der Waals surface area contributed by atoms with Crippen LogP contribution in [0.4, 0.5) is 0 Å². The van der Waals surface area contributed by atoms with E-state index in [1.165, 1.54) is 25.7 Å². The largest absolute Gasteiger partial charge is 0.491 e. The van der Waals surface area contributed by atoms with Crippen LogP contribution in [-0.4, -0.2) is 72.8 Å². The molecule has 1 aromatic carbocycles. The lowest BCUT2D eigenvalue weighted by Gasteiger charge is -2.26. The molecule has 1 aromatic rings. The van der Waals surface area contributed by atoms with Crippen molar-refractivity contribution in [3.63, 3.8) is 0 Å². The van der Waals surface area contributed by atoms with Crippen LogP contribution in [0.1, 0.15) is 31.2 Å². The van der Waals surface area contributed by atoms with Gasteiger partial charge in [0, 0.05) is 26.2 Å². The van der Waals surface area contributed by atoms with E-state index in [0.717, 1.165) is 37.5 Å². The number of amides is 1. The van der Waals surface area contributed by atoms with Gasteiger partial charge in [0.2, 0.25) is 5.91 Å². The topological polar surface area (TPSA) is 65.0 Å². The molecular formula is C20H31N3O3. The van der Waals surface area contributed by atoms with Crippen LogP contribution in [0.2, 0.25) is 0 Å². The van der Waals surface area contributed by atoms with Crippen LogP contribution >= 0.6 is 0 Å². The van der Waals surface area contributed by atoms with Gasteiger partial charge in [0.05, 0.1) is 6.54 Å². The molecule has 2 saturated heterocycles. The highest BCUT2D eigenvalue weighted by Gasteiger charge is 2.17. The highest BCUT2D eigenvalue weighted by molar-refractivity contribution is 5.78. The highest BCUT2D eigenvalue weighted by Crippen LogP contribution is 2.16. The third kappa shape index (κ3) is 6.27. The van der Waals surface area contributed by atoms with Crippen molar-refractivity contribution in [2.24, 2.45) is 0 Å². The zero-order valence-electron chi connectivity index (χ0n) is 15.5. The number of aliphatic hydroxyl groups is 1. The number of carbonyl (C=O) groups is 1. The van der Waals surface area contributed by atoms with Gasteiger partial charge in [-0.2, -0.15) is 0 Å². The van der Waals surface area contributed by atoms with Crippen molar-refractivity contribution in [2.75, 3.05) is 45.9 Å². The number of benzene rings is 1. The van der Waals surface area contributed by atoms with Crippen LogP contribution in [0, 0.1) is 0 Å². The van der Waals surface area contributed by atoms with E-state index in [1.807, 2.05) is 24.3 Å². The van der Waals surface area contributed by atoms with E-state index in [9.17, 15) is 9.90 Å². The number of carbonyl (C=O) groups excluding carboxylic acids is 1. The molecule has 6 nitrogen and oxygen atoms in total. The Labute approximate surface area is 156 Å². The van der Waals surface area contributed by atoms with E-state index in [4.69, 9.17) is 4.74 Å². The molecule has 2 aliphatic rings. The average molecular weight is 361 g/mol. The fourth-order valence-electron chi connectivity index (χ4n) is 3.68. The number of piperazine rings is 1. The molecule has 2 fully saturated rings. The Hall–Kier alpha value is -1.63. The SMILES string of the molecule is O=C1CN(Cc2cccc(OCC(O)CN3CCCCCC3)c2)CCN1. The van der Waals surface area contributed by atoms with Gasteiger partial charge in [0.25, 0.3) is 0 Å². The molecule has 0 bridgehead atoms. The first kappa shape index (κ1) is 19.1. The van der Waals surface area contributed by atoms with Gasteiger partial charge in [-0.05, 0) is 43.6 Å². The molecule has 3 rings (SSSR count). The summed E-state index contributed by atoms with van der Waals surface area (Å²) in [4.78, 5) is 16.0. The minimum atomic E-state index is -0.470. The first-order valence-corrected chi connectivity index (χ1v) is 9.80. The summed E-state index contributed by atoms with van der Waals surface area (Å²) in [7, 11) is 0. The summed E-state index contributed by atoms with van der Waals surface area (Å²) in [6.45, 7) is 5.91. The third-order valence-corrected chi connectivity index (χ3v) is 5.03. The van der Waals surface area contributed by atoms with Crippen LogP contribution in [-0.2, 0) is 11.3 Å². The Balaban J connectivity index is 1.44. The fourth-order valence-corrected chi connectivity index (χ4v) is 3.68. The summed E-state index contributed by atoms with van der Waals surface area (Å²) in [6.07, 6.45) is 4.58. The van der Waals surface area contributed by atoms with Crippen molar-refractivity contribution in [1.82, 2.24) is 15.1 Å². The van der Waals surface area contributed by atoms with Crippen molar-refractivity contribution < 1.29 is 14.6 Å². The maximum Gasteiger partial charge on any atom is 0.234 e. The van der Waals surface area contributed by atoms with Gasteiger partial charge < -0.3 is 20.1 Å². The number of nitrogens with one attached hydrogen (secondary N) is 1. The Bertz CT molecular complexity index is 573. The normalized spacial score (nSPS) is 21.0. The summed E-state index contributed by atoms with van der Waals surface area (Å²) in [6, 6.07) is 7.94. The molecule has 2 N–H and O–H groups in total. The van der Waals surface area contributed by atoms with Crippen LogP contribution in [0.3, 0.4) is 0 Å². The summed E-state index contributed by atoms with van der Waals surface area (Å²) >= 11 is 0. The number of aliphatic hydroxyl groups excluding tert-OH is 1. The van der Waals surface area contributed by atoms with E-state index >= 15 is 0 Å². The molecule has 1 atom stereocenters. The Morgan fingerprint density at radius 3 is 2.69 bits per heavy atom. The van der Waals surface area contributed by atoms with Crippen molar-refractivity contribution in [2.45, 2.75) is 38.3 Å². The van der Waals surface area contributed by atoms with Crippen molar-refractivity contribution >= 4 is 5.91 Å². The first-order valence-electron chi connectivity index (χ1n) is 9.80. The molecule has 0 aromatic heterocycles. The van der Waals surface area contributed by atoms with E-state index in [2.05, 4.69) is 15.1 Å². The molecule has 2 aliphatic heterocycles. The van der Waals surface area contributed by atoms with Gasteiger partial charge in [0.1, 0.15) is 18.5 Å². The van der Waals surface area contributed by atoms with Crippen molar-refractivity contribution in [1.29, 1.82) is 0 Å². The average Bonchev–Trinajstić information content (AvgIpc) is 2.89. The van der Waals surface area contributed by atoms with Crippen molar-refractivity contribution in [3.05, 3.63) is 29.8 Å². The van der Waals surface area contributed by atoms with Gasteiger partial charge in [-0.1, -0.05) is 25.0 Å². The second-order valence-corrected chi connectivity index (χ2v) is 7.39. The molecule has 6 heteroatoms. The lowest BCUT2D eigenvalue weighted by atomic mass is 10.2. The minimum Gasteiger partial charge on any atom is -0.491 e. The summed E-state index contributed by atoms with van der Waals surface area (Å²) in [5.74, 6) is 0.860. The Morgan fingerprint density at radius 2 is 1.92 bits per heavy atom. The lowest BCUT2D eigenvalue weighted by Crippen LogP contribution is -2.47. The first-order chi connectivity index (χ1) is 12.7. The zero-order valence-corrected chi connectivity index (χ0v) is 15.5. The van der Waals surface area contributed by atoms with Gasteiger partial charge in [0.15, 0.2) is 0 Å². The Morgan fingerprint density at radius 1 is 1.12 bits per heavy atom. The van der Waals surface area contributed by atoms with E-state index < -0.39 is 6.10 Å². The van der Waals surface area contributed by atoms with Crippen LogP contribution in [0.15, 0.2) is 24.3 Å². The van der Waals surface area contributed by atoms with Gasteiger partial charge in [-0.15, -0.1) is 0 Å². The molecule has 0 radical (unpaired) electrons. The smallest absolute Gasteiger partial charge is 0.234 e. The number of hydrogen-bond acceptors (Lipinski definition) is 5. The van der Waals surface area contributed by atoms with Crippen molar-refractivity contribution in [3.8, 4) is 5.75 Å². The fraction of sp³-hybridized carbons (Fsp3) is 0.650. The van der Waals surface area contributed by atoms with Crippen LogP contribution < -0.4 is 10.1 Å². The molecule has 144 valence electrons. The monoisotopic (exact) mass is 361 g/mol. The molecule has 1 unspecified atom stereocenters. The number of nitrogens with zero attached hydrogens (tertiary/aromatic N) is 2. The van der Waals surface area contributed by atoms with Crippen LogP contribution in [0.5, 0.6) is 5.75 Å². The number of β-amino-alcohol motifs (C(OH)–C–C–N with tert-alkyl or cyclic N) is 1. The zero-order chi connectivity index (χ0) is 18.2. The summed E-state index contributed by atoms with van der Waals surface area (Å²) in [5, 5.41) is 13.1. The van der Waals surface area contributed by atoms with E-state index in [0.29, 0.717) is 26.2 Å². The van der Waals surface area contributed by atoms with E-state index in [-0.39, 0.29) is 5.91 Å². The molecule has 0 aliphatic carbocycles. The number of hydrogen-bond donors (Lipinski definition) is 2.